The summed E-state index contributed by atoms with van der Waals surface area (Å²) in [6.45, 7) is 9.63. The molecule has 1 saturated heterocycles. The fourth-order valence-electron chi connectivity index (χ4n) is 5.41. The van der Waals surface area contributed by atoms with Gasteiger partial charge in [-0.1, -0.05) is 20.4 Å². The van der Waals surface area contributed by atoms with Crippen molar-refractivity contribution in [2.24, 2.45) is 22.7 Å². The largest absolute Gasteiger partial charge is 0.461 e. The van der Waals surface area contributed by atoms with E-state index < -0.39 is 51.7 Å². The quantitative estimate of drug-likeness (QED) is 0.296. The van der Waals surface area contributed by atoms with Crippen molar-refractivity contribution in [1.29, 1.82) is 0 Å². The molecule has 0 bridgehead atoms. The number of fused-ring (bicyclic) bond motifs is 1. The maximum Gasteiger partial charge on any atom is 0.331 e. The average Bonchev–Trinajstić information content (AvgIpc) is 3.06. The second-order valence-electron chi connectivity index (χ2n) is 8.64. The molecule has 7 atom stereocenters. The molecule has 1 aliphatic heterocycles. The lowest BCUT2D eigenvalue weighted by molar-refractivity contribution is -0.172. The molecule has 160 valence electrons. The molecular formula is C21H28O7S. The van der Waals surface area contributed by atoms with Gasteiger partial charge in [0.05, 0.1) is 0 Å². The summed E-state index contributed by atoms with van der Waals surface area (Å²) >= 11 is 0. The number of carbonyl (C=O) groups excluding carboxylic acids is 3. The highest BCUT2D eigenvalue weighted by Gasteiger charge is 2.71. The van der Waals surface area contributed by atoms with Crippen LogP contribution in [0.15, 0.2) is 23.6 Å². The van der Waals surface area contributed by atoms with Crippen molar-refractivity contribution in [3.63, 3.8) is 0 Å². The van der Waals surface area contributed by atoms with Gasteiger partial charge in [0.25, 0.3) is 0 Å². The molecule has 0 aromatic rings. The zero-order valence-electron chi connectivity index (χ0n) is 17.3. The SMILES string of the molecule is C=C1COC(=O)[C@]12C[C@]1(C)C(C)CCC(OC(=O)/C=C\S(C)=O)[C@@H]1C2OC(C)=O. The summed E-state index contributed by atoms with van der Waals surface area (Å²) in [5, 5.41) is 1.27. The van der Waals surface area contributed by atoms with E-state index in [1.54, 1.807) is 0 Å². The van der Waals surface area contributed by atoms with Gasteiger partial charge in [-0.3, -0.25) is 13.8 Å². The van der Waals surface area contributed by atoms with Gasteiger partial charge in [0.1, 0.15) is 24.2 Å². The molecule has 2 aliphatic carbocycles. The molecular weight excluding hydrogens is 396 g/mol. The number of cyclic esters (lactones) is 1. The first-order valence-electron chi connectivity index (χ1n) is 9.76. The Morgan fingerprint density at radius 2 is 2.00 bits per heavy atom. The van der Waals surface area contributed by atoms with Crippen molar-refractivity contribution in [3.8, 4) is 0 Å². The van der Waals surface area contributed by atoms with E-state index in [-0.39, 0.29) is 18.4 Å². The minimum absolute atomic E-state index is 0.100. The van der Waals surface area contributed by atoms with Gasteiger partial charge in [0.2, 0.25) is 0 Å². The third kappa shape index (κ3) is 3.56. The first kappa shape index (κ1) is 21.7. The third-order valence-electron chi connectivity index (χ3n) is 6.97. The molecule has 4 unspecified atom stereocenters. The van der Waals surface area contributed by atoms with E-state index in [1.807, 2.05) is 0 Å². The summed E-state index contributed by atoms with van der Waals surface area (Å²) in [4.78, 5) is 37.1. The fraction of sp³-hybridized carbons (Fsp3) is 0.667. The smallest absolute Gasteiger partial charge is 0.331 e. The van der Waals surface area contributed by atoms with Crippen molar-refractivity contribution in [3.05, 3.63) is 23.6 Å². The lowest BCUT2D eigenvalue weighted by atomic mass is 9.61. The molecule has 0 aromatic carbocycles. The Hall–Kier alpha value is -1.96. The summed E-state index contributed by atoms with van der Waals surface area (Å²) in [7, 11) is -1.27. The standard InChI is InChI=1S/C21H28O7S/c1-12-6-7-15(28-16(23)8-9-29(5)25)17-18(27-14(3)22)21(11-20(12,17)4)13(2)10-26-19(21)24/h8-9,12,15,17-18H,2,6-7,10-11H2,1,3-5H3/b9-8-/t12?,15?,17-,18?,20-,21-,29?/m1/s1. The number of hydrogen-bond donors (Lipinski definition) is 0. The van der Waals surface area contributed by atoms with Crippen LogP contribution in [0.3, 0.4) is 0 Å². The number of rotatable bonds is 4. The molecule has 0 radical (unpaired) electrons. The molecule has 0 aromatic heterocycles. The minimum atomic E-state index is -1.27. The summed E-state index contributed by atoms with van der Waals surface area (Å²) in [5.74, 6) is -1.68. The lowest BCUT2D eigenvalue weighted by Crippen LogP contribution is -2.50. The Morgan fingerprint density at radius 1 is 1.31 bits per heavy atom. The molecule has 3 aliphatic rings. The lowest BCUT2D eigenvalue weighted by Gasteiger charge is -2.46. The van der Waals surface area contributed by atoms with Gasteiger partial charge in [-0.15, -0.1) is 0 Å². The van der Waals surface area contributed by atoms with Crippen LogP contribution >= 0.6 is 0 Å². The molecule has 7 nitrogen and oxygen atoms in total. The van der Waals surface area contributed by atoms with Crippen LogP contribution in [0.1, 0.15) is 40.0 Å². The average molecular weight is 425 g/mol. The fourth-order valence-corrected chi connectivity index (χ4v) is 5.71. The maximum absolute atomic E-state index is 12.9. The van der Waals surface area contributed by atoms with Gasteiger partial charge >= 0.3 is 17.9 Å². The van der Waals surface area contributed by atoms with Crippen molar-refractivity contribution < 1.29 is 32.8 Å². The Balaban J connectivity index is 2.02. The Kier molecular flexibility index (Phi) is 5.77. The summed E-state index contributed by atoms with van der Waals surface area (Å²) in [5.41, 5.74) is -0.926. The first-order valence-corrected chi connectivity index (χ1v) is 11.4. The van der Waals surface area contributed by atoms with Crippen LogP contribution < -0.4 is 0 Å². The highest BCUT2D eigenvalue weighted by Crippen LogP contribution is 2.66. The van der Waals surface area contributed by atoms with Gasteiger partial charge in [0.15, 0.2) is 0 Å². The molecule has 3 rings (SSSR count). The number of carbonyl (C=O) groups is 3. The van der Waals surface area contributed by atoms with Crippen LogP contribution in [0, 0.1) is 22.7 Å². The van der Waals surface area contributed by atoms with E-state index in [0.717, 1.165) is 12.5 Å². The molecule has 2 saturated carbocycles. The molecule has 3 fully saturated rings. The predicted octanol–water partition coefficient (Wildman–Crippen LogP) is 2.28. The highest BCUT2D eigenvalue weighted by atomic mass is 32.2. The van der Waals surface area contributed by atoms with Crippen LogP contribution in [-0.4, -0.2) is 47.2 Å². The van der Waals surface area contributed by atoms with Gasteiger partial charge in [-0.25, -0.2) is 4.79 Å². The van der Waals surface area contributed by atoms with E-state index in [1.165, 1.54) is 18.6 Å². The second-order valence-corrected chi connectivity index (χ2v) is 9.91. The van der Waals surface area contributed by atoms with E-state index in [0.29, 0.717) is 18.4 Å². The first-order chi connectivity index (χ1) is 13.5. The highest BCUT2D eigenvalue weighted by molar-refractivity contribution is 7.87. The molecule has 1 spiro atoms. The van der Waals surface area contributed by atoms with Crippen LogP contribution in [0.25, 0.3) is 0 Å². The molecule has 1 heterocycles. The van der Waals surface area contributed by atoms with E-state index >= 15 is 0 Å². The maximum atomic E-state index is 12.9. The number of hydrogen-bond acceptors (Lipinski definition) is 7. The van der Waals surface area contributed by atoms with Crippen LogP contribution in [0.2, 0.25) is 0 Å². The summed E-state index contributed by atoms with van der Waals surface area (Å²) < 4.78 is 28.0. The van der Waals surface area contributed by atoms with Crippen molar-refractivity contribution in [2.45, 2.75) is 52.2 Å². The second kappa shape index (κ2) is 7.70. The zero-order chi connectivity index (χ0) is 21.6. The van der Waals surface area contributed by atoms with Gasteiger partial charge in [0, 0.05) is 41.4 Å². The van der Waals surface area contributed by atoms with E-state index in [2.05, 4.69) is 20.4 Å². The Labute approximate surface area is 173 Å². The topological polar surface area (TPSA) is 96.0 Å². The zero-order valence-corrected chi connectivity index (χ0v) is 18.1. The van der Waals surface area contributed by atoms with Crippen molar-refractivity contribution in [1.82, 2.24) is 0 Å². The summed E-state index contributed by atoms with van der Waals surface area (Å²) in [6, 6.07) is 0. The Morgan fingerprint density at radius 3 is 2.55 bits per heavy atom. The minimum Gasteiger partial charge on any atom is -0.461 e. The molecule has 0 N–H and O–H groups in total. The van der Waals surface area contributed by atoms with Gasteiger partial charge in [-0.05, 0) is 36.2 Å². The molecule has 8 heteroatoms. The predicted molar refractivity (Wildman–Crippen MR) is 106 cm³/mol. The Bertz CT molecular complexity index is 785. The van der Waals surface area contributed by atoms with E-state index in [9.17, 15) is 18.6 Å². The third-order valence-corrected chi connectivity index (χ3v) is 7.49. The van der Waals surface area contributed by atoms with Crippen molar-refractivity contribution in [2.75, 3.05) is 12.9 Å². The van der Waals surface area contributed by atoms with Gasteiger partial charge < -0.3 is 14.2 Å². The number of esters is 3. The molecule has 29 heavy (non-hydrogen) atoms. The normalized spacial score (nSPS) is 40.0. The van der Waals surface area contributed by atoms with Crippen LogP contribution in [-0.2, 0) is 39.4 Å². The van der Waals surface area contributed by atoms with Gasteiger partial charge in [-0.2, -0.15) is 0 Å². The van der Waals surface area contributed by atoms with Crippen LogP contribution in [0.5, 0.6) is 0 Å². The van der Waals surface area contributed by atoms with Crippen molar-refractivity contribution >= 4 is 28.7 Å². The monoisotopic (exact) mass is 424 g/mol. The number of ether oxygens (including phenoxy) is 3. The molecule has 0 amide bonds. The van der Waals surface area contributed by atoms with Crippen LogP contribution in [0.4, 0.5) is 0 Å². The summed E-state index contributed by atoms with van der Waals surface area (Å²) in [6.07, 6.45) is 3.09. The van der Waals surface area contributed by atoms with E-state index in [4.69, 9.17) is 14.2 Å².